The van der Waals surface area contributed by atoms with Crippen molar-refractivity contribution >= 4 is 29.1 Å². The first kappa shape index (κ1) is 15.7. The molecule has 1 unspecified atom stereocenters. The van der Waals surface area contributed by atoms with E-state index in [1.165, 1.54) is 4.90 Å². The lowest BCUT2D eigenvalue weighted by molar-refractivity contribution is 0.0744. The molecule has 2 aromatic rings. The first-order chi connectivity index (χ1) is 11.1. The fourth-order valence-corrected chi connectivity index (χ4v) is 3.08. The molecule has 116 valence electrons. The summed E-state index contributed by atoms with van der Waals surface area (Å²) in [6, 6.07) is 12.1. The molecule has 1 atom stereocenters. The van der Waals surface area contributed by atoms with Crippen LogP contribution in [0.1, 0.15) is 27.5 Å². The Bertz CT molecular complexity index is 813. The second-order valence-corrected chi connectivity index (χ2v) is 5.92. The molecule has 0 fully saturated rings. The zero-order valence-electron chi connectivity index (χ0n) is 12.2. The van der Waals surface area contributed by atoms with E-state index in [4.69, 9.17) is 27.9 Å². The summed E-state index contributed by atoms with van der Waals surface area (Å²) < 4.78 is 5.12. The SMILES string of the molecule is COc1ccc(CN2C(=O)c3c(ccc(Cl)c3Cl)C2C#N)cc1. The molecule has 6 heteroatoms. The summed E-state index contributed by atoms with van der Waals surface area (Å²) in [7, 11) is 1.59. The van der Waals surface area contributed by atoms with E-state index in [2.05, 4.69) is 6.07 Å². The molecule has 1 heterocycles. The summed E-state index contributed by atoms with van der Waals surface area (Å²) in [5.74, 6) is 0.450. The molecule has 0 aromatic heterocycles. The molecule has 1 aliphatic rings. The monoisotopic (exact) mass is 346 g/mol. The van der Waals surface area contributed by atoms with Gasteiger partial charge in [-0.05, 0) is 23.8 Å². The number of carbonyl (C=O) groups excluding carboxylic acids is 1. The maximum Gasteiger partial charge on any atom is 0.257 e. The molecule has 4 nitrogen and oxygen atoms in total. The van der Waals surface area contributed by atoms with Crippen molar-refractivity contribution in [2.45, 2.75) is 12.6 Å². The largest absolute Gasteiger partial charge is 0.497 e. The number of halogens is 2. The van der Waals surface area contributed by atoms with Crippen LogP contribution in [0.3, 0.4) is 0 Å². The lowest BCUT2D eigenvalue weighted by atomic mass is 10.1. The molecule has 23 heavy (non-hydrogen) atoms. The van der Waals surface area contributed by atoms with Crippen LogP contribution in [0.4, 0.5) is 0 Å². The highest BCUT2D eigenvalue weighted by Gasteiger charge is 2.39. The third kappa shape index (κ3) is 2.63. The zero-order valence-corrected chi connectivity index (χ0v) is 13.7. The smallest absolute Gasteiger partial charge is 0.257 e. The van der Waals surface area contributed by atoms with Gasteiger partial charge in [-0.2, -0.15) is 5.26 Å². The molecule has 0 radical (unpaired) electrons. The molecule has 3 rings (SSSR count). The Morgan fingerprint density at radius 3 is 2.52 bits per heavy atom. The van der Waals surface area contributed by atoms with Crippen LogP contribution in [0.15, 0.2) is 36.4 Å². The third-order valence-corrected chi connectivity index (χ3v) is 4.65. The second kappa shape index (κ2) is 6.11. The molecule has 0 spiro atoms. The summed E-state index contributed by atoms with van der Waals surface area (Å²) in [5.41, 5.74) is 1.81. The number of ether oxygens (including phenoxy) is 1. The van der Waals surface area contributed by atoms with Crippen LogP contribution in [0, 0.1) is 11.3 Å². The van der Waals surface area contributed by atoms with Gasteiger partial charge in [-0.15, -0.1) is 0 Å². The van der Waals surface area contributed by atoms with Gasteiger partial charge < -0.3 is 9.64 Å². The zero-order chi connectivity index (χ0) is 16.6. The molecule has 0 aliphatic carbocycles. The minimum absolute atomic E-state index is 0.201. The first-order valence-electron chi connectivity index (χ1n) is 6.88. The standard InChI is InChI=1S/C17H12Cl2N2O2/c1-23-11-4-2-10(3-5-11)9-21-14(8-20)12-6-7-13(18)16(19)15(12)17(21)22/h2-7,14H,9H2,1H3. The lowest BCUT2D eigenvalue weighted by Crippen LogP contribution is -2.26. The van der Waals surface area contributed by atoms with Crippen molar-refractivity contribution in [3.05, 3.63) is 63.1 Å². The third-order valence-electron chi connectivity index (χ3n) is 3.84. The molecular formula is C17H12Cl2N2O2. The van der Waals surface area contributed by atoms with E-state index in [1.54, 1.807) is 19.2 Å². The Hall–Kier alpha value is -2.22. The highest BCUT2D eigenvalue weighted by atomic mass is 35.5. The molecular weight excluding hydrogens is 335 g/mol. The van der Waals surface area contributed by atoms with Crippen molar-refractivity contribution in [1.29, 1.82) is 5.26 Å². The number of nitrogens with zero attached hydrogens (tertiary/aromatic N) is 2. The van der Waals surface area contributed by atoms with Gasteiger partial charge in [0.05, 0.1) is 28.8 Å². The number of methoxy groups -OCH3 is 1. The van der Waals surface area contributed by atoms with Gasteiger partial charge in [-0.3, -0.25) is 4.79 Å². The number of fused-ring (bicyclic) bond motifs is 1. The van der Waals surface area contributed by atoms with Crippen molar-refractivity contribution in [2.75, 3.05) is 7.11 Å². The van der Waals surface area contributed by atoms with E-state index in [9.17, 15) is 10.1 Å². The highest BCUT2D eigenvalue weighted by molar-refractivity contribution is 6.44. The molecule has 0 bridgehead atoms. The van der Waals surface area contributed by atoms with Crippen LogP contribution in [-0.4, -0.2) is 17.9 Å². The van der Waals surface area contributed by atoms with Gasteiger partial charge in [0, 0.05) is 12.1 Å². The Morgan fingerprint density at radius 2 is 1.91 bits per heavy atom. The fraction of sp³-hybridized carbons (Fsp3) is 0.176. The van der Waals surface area contributed by atoms with Crippen LogP contribution in [-0.2, 0) is 6.54 Å². The van der Waals surface area contributed by atoms with Gasteiger partial charge in [0.2, 0.25) is 0 Å². The number of rotatable bonds is 3. The van der Waals surface area contributed by atoms with Crippen LogP contribution < -0.4 is 4.74 Å². The summed E-state index contributed by atoms with van der Waals surface area (Å²) in [6.07, 6.45) is 0. The maximum absolute atomic E-state index is 12.7. The summed E-state index contributed by atoms with van der Waals surface area (Å²) in [6.45, 7) is 0.309. The van der Waals surface area contributed by atoms with E-state index in [1.807, 2.05) is 24.3 Å². The van der Waals surface area contributed by atoms with Gasteiger partial charge in [0.25, 0.3) is 5.91 Å². The number of hydrogen-bond acceptors (Lipinski definition) is 3. The average Bonchev–Trinajstić information content (AvgIpc) is 2.84. The normalized spacial score (nSPS) is 16.2. The fourth-order valence-electron chi connectivity index (χ4n) is 2.67. The van der Waals surface area contributed by atoms with Gasteiger partial charge >= 0.3 is 0 Å². The summed E-state index contributed by atoms with van der Waals surface area (Å²) in [5, 5.41) is 9.99. The predicted octanol–water partition coefficient (Wildman–Crippen LogP) is 4.22. The van der Waals surface area contributed by atoms with Crippen LogP contribution in [0.5, 0.6) is 5.75 Å². The molecule has 0 saturated carbocycles. The van der Waals surface area contributed by atoms with E-state index in [0.717, 1.165) is 11.3 Å². The number of hydrogen-bond donors (Lipinski definition) is 0. The second-order valence-electron chi connectivity index (χ2n) is 5.14. The summed E-state index contributed by atoms with van der Waals surface area (Å²) >= 11 is 12.1. The molecule has 1 amide bonds. The van der Waals surface area contributed by atoms with Crippen LogP contribution in [0.2, 0.25) is 10.0 Å². The Morgan fingerprint density at radius 1 is 1.22 bits per heavy atom. The Kier molecular flexibility index (Phi) is 4.16. The topological polar surface area (TPSA) is 53.3 Å². The number of benzene rings is 2. The lowest BCUT2D eigenvalue weighted by Gasteiger charge is -2.20. The molecule has 0 N–H and O–H groups in total. The van der Waals surface area contributed by atoms with Crippen LogP contribution in [0.25, 0.3) is 0 Å². The molecule has 0 saturated heterocycles. The van der Waals surface area contributed by atoms with Crippen molar-refractivity contribution in [2.24, 2.45) is 0 Å². The van der Waals surface area contributed by atoms with Crippen molar-refractivity contribution < 1.29 is 9.53 Å². The summed E-state index contributed by atoms with van der Waals surface area (Å²) in [4.78, 5) is 14.2. The van der Waals surface area contributed by atoms with E-state index in [0.29, 0.717) is 22.7 Å². The molecule has 2 aromatic carbocycles. The predicted molar refractivity (Wildman–Crippen MR) is 87.7 cm³/mol. The van der Waals surface area contributed by atoms with E-state index >= 15 is 0 Å². The van der Waals surface area contributed by atoms with Crippen molar-refractivity contribution in [1.82, 2.24) is 4.90 Å². The van der Waals surface area contributed by atoms with Crippen molar-refractivity contribution in [3.8, 4) is 11.8 Å². The quantitative estimate of drug-likeness (QED) is 0.835. The van der Waals surface area contributed by atoms with E-state index in [-0.39, 0.29) is 10.9 Å². The number of carbonyl (C=O) groups is 1. The maximum atomic E-state index is 12.7. The van der Waals surface area contributed by atoms with Crippen LogP contribution >= 0.6 is 23.2 Å². The van der Waals surface area contributed by atoms with Gasteiger partial charge in [0.15, 0.2) is 0 Å². The van der Waals surface area contributed by atoms with Gasteiger partial charge in [-0.1, -0.05) is 41.4 Å². The minimum atomic E-state index is -0.672. The highest BCUT2D eigenvalue weighted by Crippen LogP contribution is 2.40. The first-order valence-corrected chi connectivity index (χ1v) is 7.63. The number of amides is 1. The Labute approximate surface area is 143 Å². The Balaban J connectivity index is 1.96. The van der Waals surface area contributed by atoms with Gasteiger partial charge in [-0.25, -0.2) is 0 Å². The minimum Gasteiger partial charge on any atom is -0.497 e. The average molecular weight is 347 g/mol. The van der Waals surface area contributed by atoms with E-state index < -0.39 is 6.04 Å². The number of nitriles is 1. The molecule has 1 aliphatic heterocycles. The van der Waals surface area contributed by atoms with Crippen molar-refractivity contribution in [3.63, 3.8) is 0 Å². The van der Waals surface area contributed by atoms with Gasteiger partial charge in [0.1, 0.15) is 11.8 Å².